The molecule has 1 heterocycles. The normalized spacial score (nSPS) is 10.4. The van der Waals surface area contributed by atoms with Gasteiger partial charge < -0.3 is 4.74 Å². The number of halogens is 1. The van der Waals surface area contributed by atoms with Crippen molar-refractivity contribution in [3.63, 3.8) is 0 Å². The number of aromatic nitrogens is 3. The second-order valence-corrected chi connectivity index (χ2v) is 5.49. The molecule has 0 atom stereocenters. The number of anilines is 1. The standard InChI is InChI=1S/C13H15ClN4O2S/c1-2-20-13-16-12(17-18-13)15-11(19)8-21-7-9-3-5-10(14)6-4-9/h3-6H,2,7-8H2,1H3,(H2,15,16,17,18,19). The second kappa shape index (κ2) is 7.90. The molecule has 112 valence electrons. The molecule has 0 unspecified atom stereocenters. The van der Waals surface area contributed by atoms with Crippen molar-refractivity contribution in [3.8, 4) is 6.01 Å². The molecule has 0 spiro atoms. The first-order valence-electron chi connectivity index (χ1n) is 6.34. The minimum atomic E-state index is -0.145. The molecule has 21 heavy (non-hydrogen) atoms. The molecule has 0 radical (unpaired) electrons. The summed E-state index contributed by atoms with van der Waals surface area (Å²) in [7, 11) is 0. The summed E-state index contributed by atoms with van der Waals surface area (Å²) in [5, 5.41) is 9.73. The van der Waals surface area contributed by atoms with E-state index in [0.29, 0.717) is 17.4 Å². The number of carbonyl (C=O) groups excluding carboxylic acids is 1. The zero-order valence-corrected chi connectivity index (χ0v) is 13.0. The first kappa shape index (κ1) is 15.7. The summed E-state index contributed by atoms with van der Waals surface area (Å²) in [5.41, 5.74) is 1.12. The Bertz CT molecular complexity index is 588. The van der Waals surface area contributed by atoms with Crippen molar-refractivity contribution in [2.45, 2.75) is 12.7 Å². The van der Waals surface area contributed by atoms with Crippen molar-refractivity contribution in [1.82, 2.24) is 15.2 Å². The van der Waals surface area contributed by atoms with Crippen LogP contribution in [-0.4, -0.2) is 33.4 Å². The van der Waals surface area contributed by atoms with Gasteiger partial charge in [-0.25, -0.2) is 5.10 Å². The summed E-state index contributed by atoms with van der Waals surface area (Å²) in [6.07, 6.45) is 0. The van der Waals surface area contributed by atoms with Crippen molar-refractivity contribution in [1.29, 1.82) is 0 Å². The summed E-state index contributed by atoms with van der Waals surface area (Å²) < 4.78 is 5.10. The SMILES string of the molecule is CCOc1n[nH]c(NC(=O)CSCc2ccc(Cl)cc2)n1. The smallest absolute Gasteiger partial charge is 0.337 e. The molecule has 6 nitrogen and oxygen atoms in total. The highest BCUT2D eigenvalue weighted by Crippen LogP contribution is 2.15. The number of nitrogens with zero attached hydrogens (tertiary/aromatic N) is 2. The highest BCUT2D eigenvalue weighted by atomic mass is 35.5. The van der Waals surface area contributed by atoms with Crippen LogP contribution in [0.15, 0.2) is 24.3 Å². The summed E-state index contributed by atoms with van der Waals surface area (Å²) in [5.74, 6) is 1.21. The van der Waals surface area contributed by atoms with Gasteiger partial charge in [0, 0.05) is 10.8 Å². The molecule has 0 saturated carbocycles. The third-order valence-electron chi connectivity index (χ3n) is 2.41. The van der Waals surface area contributed by atoms with Gasteiger partial charge in [0.05, 0.1) is 12.4 Å². The molecule has 2 aromatic rings. The molecule has 0 aliphatic heterocycles. The average molecular weight is 327 g/mol. The molecule has 8 heteroatoms. The summed E-state index contributed by atoms with van der Waals surface area (Å²) in [6.45, 7) is 2.31. The molecule has 1 aromatic carbocycles. The highest BCUT2D eigenvalue weighted by molar-refractivity contribution is 7.99. The molecule has 0 saturated heterocycles. The maximum absolute atomic E-state index is 11.7. The van der Waals surface area contributed by atoms with Crippen LogP contribution in [0.5, 0.6) is 6.01 Å². The molecule has 0 fully saturated rings. The zero-order valence-electron chi connectivity index (χ0n) is 11.4. The number of carbonyl (C=O) groups is 1. The predicted octanol–water partition coefficient (Wildman–Crippen LogP) is 2.73. The minimum absolute atomic E-state index is 0.145. The lowest BCUT2D eigenvalue weighted by atomic mass is 10.2. The first-order chi connectivity index (χ1) is 10.2. The van der Waals surface area contributed by atoms with Gasteiger partial charge in [0.15, 0.2) is 0 Å². The van der Waals surface area contributed by atoms with Gasteiger partial charge in [0.1, 0.15) is 0 Å². The van der Waals surface area contributed by atoms with Crippen molar-refractivity contribution < 1.29 is 9.53 Å². The fourth-order valence-electron chi connectivity index (χ4n) is 1.51. The Hall–Kier alpha value is -1.73. The number of aromatic amines is 1. The largest absolute Gasteiger partial charge is 0.463 e. The van der Waals surface area contributed by atoms with Crippen LogP contribution in [0.2, 0.25) is 5.02 Å². The van der Waals surface area contributed by atoms with E-state index in [-0.39, 0.29) is 17.9 Å². The maximum Gasteiger partial charge on any atom is 0.337 e. The highest BCUT2D eigenvalue weighted by Gasteiger charge is 2.08. The van der Waals surface area contributed by atoms with Crippen molar-refractivity contribution in [3.05, 3.63) is 34.9 Å². The molecule has 0 aliphatic rings. The minimum Gasteiger partial charge on any atom is -0.463 e. The van der Waals surface area contributed by atoms with Gasteiger partial charge in [0.2, 0.25) is 11.9 Å². The quantitative estimate of drug-likeness (QED) is 0.817. The van der Waals surface area contributed by atoms with Crippen LogP contribution in [0.25, 0.3) is 0 Å². The Kier molecular flexibility index (Phi) is 5.89. The zero-order chi connectivity index (χ0) is 15.1. The Morgan fingerprint density at radius 2 is 2.19 bits per heavy atom. The number of H-pyrrole nitrogens is 1. The summed E-state index contributed by atoms with van der Waals surface area (Å²) in [6, 6.07) is 7.78. The topological polar surface area (TPSA) is 79.9 Å². The van der Waals surface area contributed by atoms with E-state index in [1.807, 2.05) is 31.2 Å². The number of hydrogen-bond donors (Lipinski definition) is 2. The Balaban J connectivity index is 1.72. The van der Waals surface area contributed by atoms with Crippen LogP contribution in [-0.2, 0) is 10.5 Å². The molecule has 1 aromatic heterocycles. The number of thioether (sulfide) groups is 1. The number of amides is 1. The first-order valence-corrected chi connectivity index (χ1v) is 7.88. The molecule has 0 aliphatic carbocycles. The van der Waals surface area contributed by atoms with Crippen molar-refractivity contribution >= 4 is 35.2 Å². The van der Waals surface area contributed by atoms with Crippen LogP contribution in [0.1, 0.15) is 12.5 Å². The number of hydrogen-bond acceptors (Lipinski definition) is 5. The summed E-state index contributed by atoms with van der Waals surface area (Å²) >= 11 is 7.32. The summed E-state index contributed by atoms with van der Waals surface area (Å²) in [4.78, 5) is 15.7. The van der Waals surface area contributed by atoms with Crippen LogP contribution in [0.4, 0.5) is 5.95 Å². The van der Waals surface area contributed by atoms with Crippen molar-refractivity contribution in [2.75, 3.05) is 17.7 Å². The lowest BCUT2D eigenvalue weighted by Gasteiger charge is -2.02. The second-order valence-electron chi connectivity index (χ2n) is 4.07. The fourth-order valence-corrected chi connectivity index (χ4v) is 2.42. The Morgan fingerprint density at radius 3 is 2.90 bits per heavy atom. The molecular weight excluding hydrogens is 312 g/mol. The number of ether oxygens (including phenoxy) is 1. The van der Waals surface area contributed by atoms with E-state index in [2.05, 4.69) is 20.5 Å². The monoisotopic (exact) mass is 326 g/mol. The molecule has 2 rings (SSSR count). The van der Waals surface area contributed by atoms with Gasteiger partial charge in [-0.3, -0.25) is 10.1 Å². The van der Waals surface area contributed by atoms with Gasteiger partial charge in [0.25, 0.3) is 0 Å². The lowest BCUT2D eigenvalue weighted by molar-refractivity contribution is -0.113. The van der Waals surface area contributed by atoms with E-state index in [1.165, 1.54) is 11.8 Å². The fraction of sp³-hybridized carbons (Fsp3) is 0.308. The third kappa shape index (κ3) is 5.28. The van der Waals surface area contributed by atoms with Gasteiger partial charge in [-0.1, -0.05) is 23.7 Å². The van der Waals surface area contributed by atoms with E-state index in [4.69, 9.17) is 16.3 Å². The molecule has 2 N–H and O–H groups in total. The van der Waals surface area contributed by atoms with Crippen LogP contribution in [0, 0.1) is 0 Å². The van der Waals surface area contributed by atoms with Gasteiger partial charge >= 0.3 is 6.01 Å². The maximum atomic E-state index is 11.7. The van der Waals surface area contributed by atoms with Crippen LogP contribution >= 0.6 is 23.4 Å². The lowest BCUT2D eigenvalue weighted by Crippen LogP contribution is -2.15. The third-order valence-corrected chi connectivity index (χ3v) is 3.67. The number of nitrogens with one attached hydrogen (secondary N) is 2. The number of rotatable bonds is 7. The van der Waals surface area contributed by atoms with Gasteiger partial charge in [-0.15, -0.1) is 16.9 Å². The van der Waals surface area contributed by atoms with Gasteiger partial charge in [-0.2, -0.15) is 4.98 Å². The average Bonchev–Trinajstić information content (AvgIpc) is 2.89. The Morgan fingerprint density at radius 1 is 1.43 bits per heavy atom. The van der Waals surface area contributed by atoms with Crippen LogP contribution in [0.3, 0.4) is 0 Å². The van der Waals surface area contributed by atoms with Crippen LogP contribution < -0.4 is 10.1 Å². The van der Waals surface area contributed by atoms with E-state index in [9.17, 15) is 4.79 Å². The number of benzene rings is 1. The molecule has 0 bridgehead atoms. The van der Waals surface area contributed by atoms with E-state index in [1.54, 1.807) is 0 Å². The van der Waals surface area contributed by atoms with Crippen molar-refractivity contribution in [2.24, 2.45) is 0 Å². The molecular formula is C13H15ClN4O2S. The molecule has 1 amide bonds. The van der Waals surface area contributed by atoms with E-state index < -0.39 is 0 Å². The van der Waals surface area contributed by atoms with Gasteiger partial charge in [-0.05, 0) is 24.6 Å². The van der Waals surface area contributed by atoms with E-state index >= 15 is 0 Å². The van der Waals surface area contributed by atoms with E-state index in [0.717, 1.165) is 11.3 Å². The predicted molar refractivity (Wildman–Crippen MR) is 83.8 cm³/mol. The Labute approximate surface area is 131 Å².